The minimum atomic E-state index is -5.58. The predicted molar refractivity (Wildman–Crippen MR) is 85.6 cm³/mol. The molecule has 0 saturated heterocycles. The van der Waals surface area contributed by atoms with Crippen molar-refractivity contribution in [1.82, 2.24) is 10.3 Å². The number of halogens is 7. The van der Waals surface area contributed by atoms with E-state index in [1.165, 1.54) is 12.1 Å². The van der Waals surface area contributed by atoms with Gasteiger partial charge in [-0.1, -0.05) is 6.07 Å². The van der Waals surface area contributed by atoms with Gasteiger partial charge in [0.2, 0.25) is 0 Å². The summed E-state index contributed by atoms with van der Waals surface area (Å²) in [5, 5.41) is 5.84. The number of H-pyrrole nitrogens is 1. The van der Waals surface area contributed by atoms with E-state index in [4.69, 9.17) is 0 Å². The molecule has 27 heavy (non-hydrogen) atoms. The lowest BCUT2D eigenvalue weighted by molar-refractivity contribution is -0.143. The van der Waals surface area contributed by atoms with Crippen LogP contribution < -0.4 is 10.6 Å². The lowest BCUT2D eigenvalue weighted by Gasteiger charge is -2.15. The van der Waals surface area contributed by atoms with Crippen molar-refractivity contribution in [3.05, 3.63) is 58.8 Å². The molecule has 2 aromatic carbocycles. The van der Waals surface area contributed by atoms with Gasteiger partial charge < -0.3 is 15.6 Å². The maximum absolute atomic E-state index is 14.0. The molecular weight excluding hydrogens is 379 g/mol. The summed E-state index contributed by atoms with van der Waals surface area (Å²) < 4.78 is 93.2. The maximum Gasteiger partial charge on any atom is 0.422 e. The summed E-state index contributed by atoms with van der Waals surface area (Å²) in [6.45, 7) is 0.547. The Morgan fingerprint density at radius 3 is 2.15 bits per heavy atom. The Kier molecular flexibility index (Phi) is 4.77. The number of aromatic amines is 1. The van der Waals surface area contributed by atoms with Crippen LogP contribution >= 0.6 is 0 Å². The van der Waals surface area contributed by atoms with E-state index < -0.39 is 40.7 Å². The fourth-order valence-corrected chi connectivity index (χ4v) is 2.74. The quantitative estimate of drug-likeness (QED) is 0.422. The fourth-order valence-electron chi connectivity index (χ4n) is 2.74. The van der Waals surface area contributed by atoms with Crippen LogP contribution in [0.15, 0.2) is 24.4 Å². The second kappa shape index (κ2) is 6.76. The Labute approximate surface area is 148 Å². The van der Waals surface area contributed by atoms with Gasteiger partial charge in [-0.05, 0) is 24.7 Å². The van der Waals surface area contributed by atoms with Gasteiger partial charge in [-0.3, -0.25) is 0 Å². The highest BCUT2D eigenvalue weighted by Gasteiger charge is 2.42. The molecule has 3 rings (SSSR count). The van der Waals surface area contributed by atoms with Crippen LogP contribution in [0.4, 0.5) is 42.1 Å². The molecule has 0 aliphatic heterocycles. The number of aromatic nitrogens is 1. The second-order valence-corrected chi connectivity index (χ2v) is 5.73. The van der Waals surface area contributed by atoms with Gasteiger partial charge in [-0.25, -0.2) is 17.6 Å². The van der Waals surface area contributed by atoms with Gasteiger partial charge in [-0.15, -0.1) is 0 Å². The monoisotopic (exact) mass is 391 g/mol. The normalized spacial score (nSPS) is 12.0. The zero-order chi connectivity index (χ0) is 19.9. The van der Waals surface area contributed by atoms with E-state index in [0.717, 1.165) is 10.9 Å². The highest BCUT2D eigenvalue weighted by molar-refractivity contribution is 5.87. The Hall–Kier alpha value is -2.75. The standard InChI is InChI=1S/C17H12F7N3/c1-25-5-7-6-26-10-4-8(2-3-9(7)10)27-16-14(20)12(18)11(17(22,23)24)13(19)15(16)21/h2-4,6,25-27H,5H2,1H3. The van der Waals surface area contributed by atoms with Crippen LogP contribution in [0, 0.1) is 23.3 Å². The minimum absolute atomic E-state index is 0.0247. The van der Waals surface area contributed by atoms with Crippen LogP contribution in [0.5, 0.6) is 0 Å². The molecule has 0 unspecified atom stereocenters. The smallest absolute Gasteiger partial charge is 0.361 e. The molecular formula is C17H12F7N3. The minimum Gasteiger partial charge on any atom is -0.361 e. The SMILES string of the molecule is CNCc1c[nH]c2cc(Nc3c(F)c(F)c(C(F)(F)F)c(F)c3F)ccc12. The van der Waals surface area contributed by atoms with E-state index in [2.05, 4.69) is 15.6 Å². The van der Waals surface area contributed by atoms with Crippen molar-refractivity contribution < 1.29 is 30.7 Å². The third-order valence-corrected chi connectivity index (χ3v) is 3.95. The molecule has 1 heterocycles. The number of anilines is 2. The summed E-state index contributed by atoms with van der Waals surface area (Å²) in [6, 6.07) is 4.37. The molecule has 0 radical (unpaired) electrons. The number of nitrogens with one attached hydrogen (secondary N) is 3. The van der Waals surface area contributed by atoms with E-state index in [9.17, 15) is 30.7 Å². The second-order valence-electron chi connectivity index (χ2n) is 5.73. The third kappa shape index (κ3) is 3.32. The summed E-state index contributed by atoms with van der Waals surface area (Å²) in [6.07, 6.45) is -3.88. The molecule has 0 aliphatic rings. The molecule has 144 valence electrons. The first-order chi connectivity index (χ1) is 12.6. The van der Waals surface area contributed by atoms with Gasteiger partial charge in [0.05, 0.1) is 0 Å². The number of benzene rings is 2. The van der Waals surface area contributed by atoms with E-state index in [-0.39, 0.29) is 5.69 Å². The van der Waals surface area contributed by atoms with Crippen molar-refractivity contribution in [3.63, 3.8) is 0 Å². The predicted octanol–water partition coefficient (Wildman–Crippen LogP) is 5.21. The first-order valence-electron chi connectivity index (χ1n) is 7.60. The van der Waals surface area contributed by atoms with E-state index >= 15 is 0 Å². The summed E-state index contributed by atoms with van der Waals surface area (Å²) >= 11 is 0. The summed E-state index contributed by atoms with van der Waals surface area (Å²) in [4.78, 5) is 2.92. The van der Waals surface area contributed by atoms with Crippen LogP contribution in [0.1, 0.15) is 11.1 Å². The lowest BCUT2D eigenvalue weighted by atomic mass is 10.1. The van der Waals surface area contributed by atoms with Crippen LogP contribution in [-0.2, 0) is 12.7 Å². The molecule has 0 bridgehead atoms. The van der Waals surface area contributed by atoms with Crippen molar-refractivity contribution in [1.29, 1.82) is 0 Å². The zero-order valence-electron chi connectivity index (χ0n) is 13.7. The van der Waals surface area contributed by atoms with E-state index in [1.54, 1.807) is 19.3 Å². The number of hydrogen-bond donors (Lipinski definition) is 3. The summed E-state index contributed by atoms with van der Waals surface area (Å²) in [5.41, 5.74) is -2.47. The molecule has 0 amide bonds. The third-order valence-electron chi connectivity index (χ3n) is 3.95. The van der Waals surface area contributed by atoms with Crippen molar-refractivity contribution in [2.24, 2.45) is 0 Å². The maximum atomic E-state index is 14.0. The average molecular weight is 391 g/mol. The van der Waals surface area contributed by atoms with Crippen molar-refractivity contribution in [2.45, 2.75) is 12.7 Å². The highest BCUT2D eigenvalue weighted by atomic mass is 19.4. The van der Waals surface area contributed by atoms with Crippen molar-refractivity contribution in [2.75, 3.05) is 12.4 Å². The van der Waals surface area contributed by atoms with Gasteiger partial charge >= 0.3 is 6.18 Å². The molecule has 3 nitrogen and oxygen atoms in total. The van der Waals surface area contributed by atoms with Crippen LogP contribution in [0.2, 0.25) is 0 Å². The Bertz CT molecular complexity index is 979. The molecule has 0 atom stereocenters. The topological polar surface area (TPSA) is 39.9 Å². The highest BCUT2D eigenvalue weighted by Crippen LogP contribution is 2.39. The number of rotatable bonds is 4. The van der Waals surface area contributed by atoms with Crippen LogP contribution in [0.3, 0.4) is 0 Å². The van der Waals surface area contributed by atoms with Crippen molar-refractivity contribution >= 4 is 22.3 Å². The molecule has 3 aromatic rings. The van der Waals surface area contributed by atoms with E-state index in [1.807, 2.05) is 0 Å². The first-order valence-corrected chi connectivity index (χ1v) is 7.60. The Morgan fingerprint density at radius 1 is 0.963 bits per heavy atom. The molecule has 0 saturated carbocycles. The Morgan fingerprint density at radius 2 is 1.59 bits per heavy atom. The largest absolute Gasteiger partial charge is 0.422 e. The van der Waals surface area contributed by atoms with Gasteiger partial charge in [0.25, 0.3) is 0 Å². The van der Waals surface area contributed by atoms with Gasteiger partial charge in [-0.2, -0.15) is 13.2 Å². The first kappa shape index (κ1) is 19.0. The molecule has 0 spiro atoms. The van der Waals surface area contributed by atoms with Gasteiger partial charge in [0, 0.05) is 29.3 Å². The number of hydrogen-bond acceptors (Lipinski definition) is 2. The number of fused-ring (bicyclic) bond motifs is 1. The number of alkyl halides is 3. The summed E-state index contributed by atoms with van der Waals surface area (Å²) in [5.74, 6) is -9.35. The van der Waals surface area contributed by atoms with E-state index in [0.29, 0.717) is 12.1 Å². The fraction of sp³-hybridized carbons (Fsp3) is 0.176. The molecule has 0 fully saturated rings. The lowest BCUT2D eigenvalue weighted by Crippen LogP contribution is -2.16. The van der Waals surface area contributed by atoms with Crippen molar-refractivity contribution in [3.8, 4) is 0 Å². The molecule has 0 aliphatic carbocycles. The van der Waals surface area contributed by atoms with Gasteiger partial charge in [0.1, 0.15) is 11.3 Å². The molecule has 10 heteroatoms. The molecule has 1 aromatic heterocycles. The Balaban J connectivity index is 2.04. The van der Waals surface area contributed by atoms with Crippen LogP contribution in [-0.4, -0.2) is 12.0 Å². The molecule has 3 N–H and O–H groups in total. The zero-order valence-corrected chi connectivity index (χ0v) is 13.7. The average Bonchev–Trinajstić information content (AvgIpc) is 2.98. The van der Waals surface area contributed by atoms with Crippen LogP contribution in [0.25, 0.3) is 10.9 Å². The summed E-state index contributed by atoms with van der Waals surface area (Å²) in [7, 11) is 1.74. The van der Waals surface area contributed by atoms with Gasteiger partial charge in [0.15, 0.2) is 23.3 Å².